The Balaban J connectivity index is 2.19. The maximum absolute atomic E-state index is 11.8. The number of hydrogen-bond donors (Lipinski definition) is 1. The zero-order valence-corrected chi connectivity index (χ0v) is 14.8. The van der Waals surface area contributed by atoms with Crippen LogP contribution in [0.2, 0.25) is 0 Å². The van der Waals surface area contributed by atoms with E-state index in [-0.39, 0.29) is 5.56 Å². The van der Waals surface area contributed by atoms with Gasteiger partial charge in [0.15, 0.2) is 11.5 Å². The minimum absolute atomic E-state index is 0.153. The van der Waals surface area contributed by atoms with Gasteiger partial charge < -0.3 is 19.3 Å². The van der Waals surface area contributed by atoms with Crippen molar-refractivity contribution in [3.63, 3.8) is 0 Å². The van der Waals surface area contributed by atoms with E-state index in [4.69, 9.17) is 14.2 Å². The van der Waals surface area contributed by atoms with Crippen molar-refractivity contribution in [3.8, 4) is 28.5 Å². The molecule has 0 aliphatic carbocycles. The number of carbonyl (C=O) groups is 1. The Hall–Kier alpha value is -3.28. The Morgan fingerprint density at radius 1 is 1.04 bits per heavy atom. The summed E-state index contributed by atoms with van der Waals surface area (Å²) < 4.78 is 16.0. The molecule has 0 saturated heterocycles. The summed E-state index contributed by atoms with van der Waals surface area (Å²) in [4.78, 5) is 16.4. The van der Waals surface area contributed by atoms with Gasteiger partial charge in [0.05, 0.1) is 37.6 Å². The smallest absolute Gasteiger partial charge is 0.336 e. The van der Waals surface area contributed by atoms with Crippen LogP contribution in [-0.2, 0) is 0 Å². The van der Waals surface area contributed by atoms with Crippen LogP contribution < -0.4 is 14.2 Å². The number of carboxylic acids is 1. The number of carboxylic acid groups (broad SMARTS) is 1. The van der Waals surface area contributed by atoms with Crippen molar-refractivity contribution in [1.82, 2.24) is 4.98 Å². The van der Waals surface area contributed by atoms with Gasteiger partial charge in [-0.15, -0.1) is 0 Å². The predicted octanol–water partition coefficient (Wildman–Crippen LogP) is 4.02. The first-order chi connectivity index (χ1) is 12.6. The Morgan fingerprint density at radius 3 is 2.27 bits per heavy atom. The average molecular weight is 353 g/mol. The fraction of sp³-hybridized carbons (Fsp3) is 0.200. The van der Waals surface area contributed by atoms with Crippen LogP contribution in [0.4, 0.5) is 0 Å². The van der Waals surface area contributed by atoms with Gasteiger partial charge in [-0.25, -0.2) is 9.78 Å². The number of fused-ring (bicyclic) bond motifs is 1. The molecule has 0 aliphatic heterocycles. The summed E-state index contributed by atoms with van der Waals surface area (Å²) in [5.41, 5.74) is 2.03. The van der Waals surface area contributed by atoms with E-state index in [2.05, 4.69) is 4.98 Å². The number of aromatic nitrogens is 1. The number of rotatable bonds is 6. The van der Waals surface area contributed by atoms with Crippen LogP contribution in [0, 0.1) is 0 Å². The minimum Gasteiger partial charge on any atom is -0.494 e. The molecule has 26 heavy (non-hydrogen) atoms. The van der Waals surface area contributed by atoms with Crippen molar-refractivity contribution < 1.29 is 24.1 Å². The van der Waals surface area contributed by atoms with Crippen molar-refractivity contribution >= 4 is 16.9 Å². The summed E-state index contributed by atoms with van der Waals surface area (Å²) in [5.74, 6) is 0.671. The molecule has 1 heterocycles. The third-order valence-electron chi connectivity index (χ3n) is 4.01. The van der Waals surface area contributed by atoms with E-state index in [1.807, 2.05) is 31.2 Å². The Morgan fingerprint density at radius 2 is 1.69 bits per heavy atom. The molecular formula is C20H19NO5. The van der Waals surface area contributed by atoms with Crippen molar-refractivity contribution in [3.05, 3.63) is 48.0 Å². The minimum atomic E-state index is -1.03. The van der Waals surface area contributed by atoms with E-state index in [1.165, 1.54) is 14.2 Å². The Bertz CT molecular complexity index is 951. The van der Waals surface area contributed by atoms with Crippen LogP contribution in [0.15, 0.2) is 42.5 Å². The van der Waals surface area contributed by atoms with Gasteiger partial charge in [-0.3, -0.25) is 0 Å². The number of aromatic carboxylic acids is 1. The standard InChI is InChI=1S/C20H19NO5/c1-4-26-13-7-5-12(6-8-13)16-9-15(20(22)23)14-10-18(24-2)19(25-3)11-17(14)21-16/h5-11H,4H2,1-3H3,(H,22,23). The zero-order valence-electron chi connectivity index (χ0n) is 14.8. The third kappa shape index (κ3) is 3.26. The molecule has 0 radical (unpaired) electrons. The topological polar surface area (TPSA) is 77.9 Å². The van der Waals surface area contributed by atoms with Crippen molar-refractivity contribution in [2.75, 3.05) is 20.8 Å². The van der Waals surface area contributed by atoms with Gasteiger partial charge in [0, 0.05) is 17.0 Å². The van der Waals surface area contributed by atoms with Crippen molar-refractivity contribution in [2.24, 2.45) is 0 Å². The van der Waals surface area contributed by atoms with Crippen LogP contribution in [0.3, 0.4) is 0 Å². The Kier molecular flexibility index (Phi) is 4.93. The lowest BCUT2D eigenvalue weighted by atomic mass is 10.0. The fourth-order valence-corrected chi connectivity index (χ4v) is 2.77. The molecule has 0 spiro atoms. The first kappa shape index (κ1) is 17.5. The molecule has 0 unspecified atom stereocenters. The number of hydrogen-bond acceptors (Lipinski definition) is 5. The van der Waals surface area contributed by atoms with E-state index in [0.29, 0.717) is 34.7 Å². The Labute approximate surface area is 151 Å². The highest BCUT2D eigenvalue weighted by Crippen LogP contribution is 2.34. The molecule has 0 bridgehead atoms. The van der Waals surface area contributed by atoms with E-state index < -0.39 is 5.97 Å². The van der Waals surface area contributed by atoms with Crippen LogP contribution in [0.1, 0.15) is 17.3 Å². The fourth-order valence-electron chi connectivity index (χ4n) is 2.77. The molecule has 3 rings (SSSR count). The quantitative estimate of drug-likeness (QED) is 0.721. The largest absolute Gasteiger partial charge is 0.494 e. The van der Waals surface area contributed by atoms with Crippen LogP contribution >= 0.6 is 0 Å². The molecule has 0 aliphatic rings. The van der Waals surface area contributed by atoms with Gasteiger partial charge in [-0.2, -0.15) is 0 Å². The third-order valence-corrected chi connectivity index (χ3v) is 4.01. The zero-order chi connectivity index (χ0) is 18.7. The molecule has 2 aromatic carbocycles. The van der Waals surface area contributed by atoms with Crippen molar-refractivity contribution in [2.45, 2.75) is 6.92 Å². The molecular weight excluding hydrogens is 334 g/mol. The molecule has 0 fully saturated rings. The van der Waals surface area contributed by atoms with Crippen LogP contribution in [0.5, 0.6) is 17.2 Å². The molecule has 0 amide bonds. The molecule has 6 heteroatoms. The first-order valence-corrected chi connectivity index (χ1v) is 8.10. The summed E-state index contributed by atoms with van der Waals surface area (Å²) >= 11 is 0. The first-order valence-electron chi connectivity index (χ1n) is 8.10. The van der Waals surface area contributed by atoms with Gasteiger partial charge >= 0.3 is 5.97 Å². The monoisotopic (exact) mass is 353 g/mol. The summed E-state index contributed by atoms with van der Waals surface area (Å²) in [6.07, 6.45) is 0. The second-order valence-corrected chi connectivity index (χ2v) is 5.54. The molecule has 6 nitrogen and oxygen atoms in total. The molecule has 134 valence electrons. The van der Waals surface area contributed by atoms with E-state index in [9.17, 15) is 9.90 Å². The second kappa shape index (κ2) is 7.31. The van der Waals surface area contributed by atoms with Gasteiger partial charge in [0.25, 0.3) is 0 Å². The van der Waals surface area contributed by atoms with Gasteiger partial charge in [-0.1, -0.05) is 0 Å². The summed E-state index contributed by atoms with van der Waals surface area (Å²) in [6.45, 7) is 2.50. The molecule has 0 atom stereocenters. The summed E-state index contributed by atoms with van der Waals surface area (Å²) in [5, 5.41) is 10.1. The number of methoxy groups -OCH3 is 2. The highest BCUT2D eigenvalue weighted by Gasteiger charge is 2.16. The second-order valence-electron chi connectivity index (χ2n) is 5.54. The molecule has 0 saturated carbocycles. The summed E-state index contributed by atoms with van der Waals surface area (Å²) in [7, 11) is 3.03. The maximum atomic E-state index is 11.8. The number of pyridine rings is 1. The van der Waals surface area contributed by atoms with Gasteiger partial charge in [0.1, 0.15) is 5.75 Å². The lowest BCUT2D eigenvalue weighted by Gasteiger charge is -2.12. The number of nitrogens with zero attached hydrogens (tertiary/aromatic N) is 1. The number of ether oxygens (including phenoxy) is 3. The molecule has 1 N–H and O–H groups in total. The predicted molar refractivity (Wildman–Crippen MR) is 98.4 cm³/mol. The number of benzene rings is 2. The van der Waals surface area contributed by atoms with Crippen LogP contribution in [-0.4, -0.2) is 36.9 Å². The van der Waals surface area contributed by atoms with E-state index in [1.54, 1.807) is 18.2 Å². The van der Waals surface area contributed by atoms with Gasteiger partial charge in [0.2, 0.25) is 0 Å². The highest BCUT2D eigenvalue weighted by molar-refractivity contribution is 6.04. The van der Waals surface area contributed by atoms with Crippen LogP contribution in [0.25, 0.3) is 22.2 Å². The normalized spacial score (nSPS) is 10.6. The maximum Gasteiger partial charge on any atom is 0.336 e. The van der Waals surface area contributed by atoms with E-state index >= 15 is 0 Å². The van der Waals surface area contributed by atoms with Crippen molar-refractivity contribution in [1.29, 1.82) is 0 Å². The van der Waals surface area contributed by atoms with Gasteiger partial charge in [-0.05, 0) is 43.3 Å². The highest BCUT2D eigenvalue weighted by atomic mass is 16.5. The lowest BCUT2D eigenvalue weighted by molar-refractivity contribution is 0.0699. The SMILES string of the molecule is CCOc1ccc(-c2cc(C(=O)O)c3cc(OC)c(OC)cc3n2)cc1. The molecule has 3 aromatic rings. The van der Waals surface area contributed by atoms with E-state index in [0.717, 1.165) is 11.3 Å². The molecule has 1 aromatic heterocycles. The summed E-state index contributed by atoms with van der Waals surface area (Å²) in [6, 6.07) is 12.2. The lowest BCUT2D eigenvalue weighted by Crippen LogP contribution is -2.01. The average Bonchev–Trinajstić information content (AvgIpc) is 2.66.